The normalized spacial score (nSPS) is 11.0. The molecule has 0 fully saturated rings. The third-order valence-electron chi connectivity index (χ3n) is 3.25. The highest BCUT2D eigenvalue weighted by Crippen LogP contribution is 2.25. The highest BCUT2D eigenvalue weighted by atomic mass is 16.6. The van der Waals surface area contributed by atoms with Crippen LogP contribution < -0.4 is 0 Å². The van der Waals surface area contributed by atoms with E-state index in [0.29, 0.717) is 0 Å². The van der Waals surface area contributed by atoms with E-state index in [2.05, 4.69) is 15.1 Å². The van der Waals surface area contributed by atoms with Gasteiger partial charge in [-0.05, 0) is 30.4 Å². The van der Waals surface area contributed by atoms with Crippen molar-refractivity contribution in [3.63, 3.8) is 0 Å². The summed E-state index contributed by atoms with van der Waals surface area (Å²) in [5.41, 5.74) is 3.33. The van der Waals surface area contributed by atoms with Crippen LogP contribution >= 0.6 is 0 Å². The number of nitro groups is 1. The maximum Gasteiger partial charge on any atom is 0.269 e. The van der Waals surface area contributed by atoms with Crippen molar-refractivity contribution < 1.29 is 4.92 Å². The molecule has 3 rings (SSSR count). The SMILES string of the molecule is Cn1cc(C=Cc2ccncn2)c(-c2ccc([N+](=O)[O-])cc2)n1. The fourth-order valence-corrected chi connectivity index (χ4v) is 2.17. The van der Waals surface area contributed by atoms with Gasteiger partial charge in [0.25, 0.3) is 5.69 Å². The van der Waals surface area contributed by atoms with Crippen molar-refractivity contribution in [2.75, 3.05) is 0 Å². The highest BCUT2D eigenvalue weighted by molar-refractivity contribution is 5.78. The first kappa shape index (κ1) is 14.6. The molecule has 23 heavy (non-hydrogen) atoms. The quantitative estimate of drug-likeness (QED) is 0.546. The molecule has 0 atom stereocenters. The lowest BCUT2D eigenvalue weighted by Crippen LogP contribution is -1.89. The Morgan fingerprint density at radius 1 is 1.17 bits per heavy atom. The van der Waals surface area contributed by atoms with Gasteiger partial charge in [0.15, 0.2) is 0 Å². The predicted molar refractivity (Wildman–Crippen MR) is 86.3 cm³/mol. The first-order valence-electron chi connectivity index (χ1n) is 6.86. The summed E-state index contributed by atoms with van der Waals surface area (Å²) in [5.74, 6) is 0. The number of benzene rings is 1. The van der Waals surface area contributed by atoms with Crippen LogP contribution in [0.1, 0.15) is 11.3 Å². The smallest absolute Gasteiger partial charge is 0.269 e. The van der Waals surface area contributed by atoms with Gasteiger partial charge in [0.05, 0.1) is 16.3 Å². The van der Waals surface area contributed by atoms with E-state index in [4.69, 9.17) is 0 Å². The minimum absolute atomic E-state index is 0.0581. The monoisotopic (exact) mass is 307 g/mol. The molecule has 0 aliphatic heterocycles. The van der Waals surface area contributed by atoms with E-state index in [-0.39, 0.29) is 5.69 Å². The van der Waals surface area contributed by atoms with Crippen molar-refractivity contribution in [3.05, 3.63) is 70.4 Å². The largest absolute Gasteiger partial charge is 0.275 e. The Hall–Kier alpha value is -3.35. The Morgan fingerprint density at radius 2 is 1.96 bits per heavy atom. The number of nitro benzene ring substituents is 1. The lowest BCUT2D eigenvalue weighted by Gasteiger charge is -1.99. The van der Waals surface area contributed by atoms with Crippen LogP contribution in [0, 0.1) is 10.1 Å². The van der Waals surface area contributed by atoms with Gasteiger partial charge in [0.2, 0.25) is 0 Å². The molecule has 1 aromatic carbocycles. The van der Waals surface area contributed by atoms with Crippen molar-refractivity contribution >= 4 is 17.8 Å². The van der Waals surface area contributed by atoms with Gasteiger partial charge >= 0.3 is 0 Å². The second-order valence-electron chi connectivity index (χ2n) is 4.88. The number of aromatic nitrogens is 4. The molecule has 0 saturated carbocycles. The van der Waals surface area contributed by atoms with Crippen molar-refractivity contribution in [2.45, 2.75) is 0 Å². The molecule has 0 saturated heterocycles. The van der Waals surface area contributed by atoms with Crippen molar-refractivity contribution in [3.8, 4) is 11.3 Å². The van der Waals surface area contributed by atoms with E-state index in [9.17, 15) is 10.1 Å². The fourth-order valence-electron chi connectivity index (χ4n) is 2.17. The second kappa shape index (κ2) is 6.18. The average Bonchev–Trinajstić information content (AvgIpc) is 2.95. The molecular weight excluding hydrogens is 294 g/mol. The summed E-state index contributed by atoms with van der Waals surface area (Å²) in [6, 6.07) is 8.15. The number of nitrogens with zero attached hydrogens (tertiary/aromatic N) is 5. The van der Waals surface area contributed by atoms with E-state index < -0.39 is 4.92 Å². The molecule has 0 spiro atoms. The van der Waals surface area contributed by atoms with Gasteiger partial charge in [0, 0.05) is 42.7 Å². The van der Waals surface area contributed by atoms with Gasteiger partial charge in [-0.2, -0.15) is 5.10 Å². The van der Waals surface area contributed by atoms with Gasteiger partial charge in [-0.1, -0.05) is 0 Å². The average molecular weight is 307 g/mol. The first-order valence-corrected chi connectivity index (χ1v) is 6.86. The van der Waals surface area contributed by atoms with Gasteiger partial charge < -0.3 is 0 Å². The fraction of sp³-hybridized carbons (Fsp3) is 0.0625. The van der Waals surface area contributed by atoms with Crippen LogP contribution in [-0.4, -0.2) is 24.7 Å². The number of hydrogen-bond donors (Lipinski definition) is 0. The second-order valence-corrected chi connectivity index (χ2v) is 4.88. The van der Waals surface area contributed by atoms with Gasteiger partial charge in [-0.25, -0.2) is 9.97 Å². The summed E-state index contributed by atoms with van der Waals surface area (Å²) in [6.45, 7) is 0. The summed E-state index contributed by atoms with van der Waals surface area (Å²) < 4.78 is 1.70. The molecule has 2 aromatic heterocycles. The summed E-state index contributed by atoms with van der Waals surface area (Å²) in [6.07, 6.45) is 8.82. The predicted octanol–water partition coefficient (Wildman–Crippen LogP) is 2.96. The van der Waals surface area contributed by atoms with Crippen molar-refractivity contribution in [1.82, 2.24) is 19.7 Å². The molecule has 7 nitrogen and oxygen atoms in total. The highest BCUT2D eigenvalue weighted by Gasteiger charge is 2.10. The topological polar surface area (TPSA) is 86.7 Å². The van der Waals surface area contributed by atoms with Crippen LogP contribution in [0.25, 0.3) is 23.4 Å². The number of non-ortho nitro benzene ring substituents is 1. The van der Waals surface area contributed by atoms with Crippen LogP contribution in [0.15, 0.2) is 49.1 Å². The molecule has 2 heterocycles. The van der Waals surface area contributed by atoms with E-state index in [1.807, 2.05) is 25.4 Å². The Labute approximate surface area is 132 Å². The first-order chi connectivity index (χ1) is 11.1. The van der Waals surface area contributed by atoms with Crippen molar-refractivity contribution in [1.29, 1.82) is 0 Å². The molecule has 0 bridgehead atoms. The molecular formula is C16H13N5O2. The molecule has 3 aromatic rings. The molecule has 0 aliphatic carbocycles. The number of hydrogen-bond acceptors (Lipinski definition) is 5. The van der Waals surface area contributed by atoms with Gasteiger partial charge in [-0.3, -0.25) is 14.8 Å². The molecule has 0 N–H and O–H groups in total. The standard InChI is InChI=1S/C16H13N5O2/c1-20-10-13(2-5-14-8-9-17-11-18-14)16(19-20)12-3-6-15(7-4-12)21(22)23/h2-11H,1H3. The summed E-state index contributed by atoms with van der Waals surface area (Å²) in [4.78, 5) is 18.3. The third kappa shape index (κ3) is 3.29. The number of rotatable bonds is 4. The minimum Gasteiger partial charge on any atom is -0.275 e. The molecule has 7 heteroatoms. The lowest BCUT2D eigenvalue weighted by molar-refractivity contribution is -0.384. The Bertz CT molecular complexity index is 854. The number of aryl methyl sites for hydroxylation is 1. The van der Waals surface area contributed by atoms with E-state index in [1.54, 1.807) is 29.1 Å². The molecule has 0 amide bonds. The van der Waals surface area contributed by atoms with E-state index in [0.717, 1.165) is 22.5 Å². The molecule has 0 radical (unpaired) electrons. The maximum atomic E-state index is 10.7. The Kier molecular flexibility index (Phi) is 3.92. The van der Waals surface area contributed by atoms with Crippen molar-refractivity contribution in [2.24, 2.45) is 7.05 Å². The molecule has 114 valence electrons. The lowest BCUT2D eigenvalue weighted by atomic mass is 10.1. The van der Waals surface area contributed by atoms with Crippen LogP contribution in [0.3, 0.4) is 0 Å². The maximum absolute atomic E-state index is 10.7. The zero-order chi connectivity index (χ0) is 16.2. The van der Waals surface area contributed by atoms with Crippen LogP contribution in [0.5, 0.6) is 0 Å². The zero-order valence-corrected chi connectivity index (χ0v) is 12.3. The molecule has 0 aliphatic rings. The Balaban J connectivity index is 1.94. The van der Waals surface area contributed by atoms with E-state index >= 15 is 0 Å². The van der Waals surface area contributed by atoms with Crippen LogP contribution in [0.2, 0.25) is 0 Å². The van der Waals surface area contributed by atoms with Gasteiger partial charge in [-0.15, -0.1) is 0 Å². The zero-order valence-electron chi connectivity index (χ0n) is 12.3. The van der Waals surface area contributed by atoms with Gasteiger partial charge in [0.1, 0.15) is 6.33 Å². The minimum atomic E-state index is -0.419. The Morgan fingerprint density at radius 3 is 2.61 bits per heavy atom. The summed E-state index contributed by atoms with van der Waals surface area (Å²) >= 11 is 0. The van der Waals surface area contributed by atoms with Crippen LogP contribution in [-0.2, 0) is 7.05 Å². The summed E-state index contributed by atoms with van der Waals surface area (Å²) in [7, 11) is 1.83. The van der Waals surface area contributed by atoms with E-state index in [1.165, 1.54) is 18.5 Å². The van der Waals surface area contributed by atoms with Crippen LogP contribution in [0.4, 0.5) is 5.69 Å². The third-order valence-corrected chi connectivity index (χ3v) is 3.25. The molecule has 0 unspecified atom stereocenters. The summed E-state index contributed by atoms with van der Waals surface area (Å²) in [5, 5.41) is 15.2.